The van der Waals surface area contributed by atoms with Gasteiger partial charge in [0, 0.05) is 41.8 Å². The number of benzene rings is 2. The Morgan fingerprint density at radius 3 is 0.625 bits per heavy atom. The van der Waals surface area contributed by atoms with Crippen LogP contribution in [-0.4, -0.2) is 46.5 Å². The molecule has 0 aliphatic carbocycles. The van der Waals surface area contributed by atoms with Crippen LogP contribution in [0.4, 0.5) is 0 Å². The Labute approximate surface area is 473 Å². The Morgan fingerprint density at radius 1 is 0.278 bits per heavy atom. The van der Waals surface area contributed by atoms with E-state index in [2.05, 4.69) is 91.4 Å². The van der Waals surface area contributed by atoms with E-state index in [0.29, 0.717) is 64.0 Å². The highest BCUT2D eigenvalue weighted by molar-refractivity contribution is 9.13. The van der Waals surface area contributed by atoms with Gasteiger partial charge in [-0.05, 0) is 101 Å². The van der Waals surface area contributed by atoms with Crippen molar-refractivity contribution in [3.8, 4) is 0 Å². The maximum atomic E-state index is 15.0. The summed E-state index contributed by atoms with van der Waals surface area (Å²) < 4.78 is 1.86. The molecule has 2 unspecified atom stereocenters. The molecule has 0 bridgehead atoms. The van der Waals surface area contributed by atoms with Crippen LogP contribution in [0.25, 0.3) is 10.8 Å². The topological polar surface area (TPSA) is 74.8 Å². The van der Waals surface area contributed by atoms with Crippen molar-refractivity contribution in [1.82, 2.24) is 9.80 Å². The number of unbranched alkanes of at least 4 members (excludes halogenated alkanes) is 32. The van der Waals surface area contributed by atoms with Gasteiger partial charge in [-0.25, -0.2) is 0 Å². The van der Waals surface area contributed by atoms with Crippen LogP contribution in [0.1, 0.15) is 326 Å². The number of nitrogens with zero attached hydrogens (tertiary/aromatic N) is 2. The summed E-state index contributed by atoms with van der Waals surface area (Å²) in [6, 6.07) is 0. The van der Waals surface area contributed by atoms with Crippen LogP contribution in [0, 0.1) is 11.8 Å². The fraction of sp³-hybridized carbons (Fsp3) is 0.774. The Kier molecular flexibility index (Phi) is 32.5. The van der Waals surface area contributed by atoms with Gasteiger partial charge in [0.2, 0.25) is 0 Å². The van der Waals surface area contributed by atoms with Crippen LogP contribution in [0.15, 0.2) is 17.9 Å². The number of carbonyl (C=O) groups excluding carboxylic acids is 4. The van der Waals surface area contributed by atoms with E-state index in [1.54, 1.807) is 0 Å². The molecule has 2 aromatic rings. The minimum absolute atomic E-state index is 0.196. The molecule has 408 valence electrons. The highest BCUT2D eigenvalue weighted by Crippen LogP contribution is 2.51. The van der Waals surface area contributed by atoms with Crippen LogP contribution >= 0.6 is 63.7 Å². The summed E-state index contributed by atoms with van der Waals surface area (Å²) in [6.07, 6.45) is 49.2. The summed E-state index contributed by atoms with van der Waals surface area (Å²) in [5.41, 5.74) is 1.38. The van der Waals surface area contributed by atoms with E-state index in [1.165, 1.54) is 215 Å². The molecule has 6 nitrogen and oxygen atoms in total. The molecule has 10 heteroatoms. The molecule has 0 aromatic heterocycles. The fourth-order valence-electron chi connectivity index (χ4n) is 11.6. The van der Waals surface area contributed by atoms with Crippen molar-refractivity contribution in [1.29, 1.82) is 0 Å². The number of hydrogen-bond acceptors (Lipinski definition) is 4. The largest absolute Gasteiger partial charge is 0.274 e. The monoisotopic (exact) mass is 1250 g/mol. The quantitative estimate of drug-likeness (QED) is 0.0489. The van der Waals surface area contributed by atoms with Gasteiger partial charge in [0.05, 0.1) is 22.3 Å². The maximum absolute atomic E-state index is 15.0. The first-order valence-corrected chi connectivity index (χ1v) is 33.3. The van der Waals surface area contributed by atoms with Crippen LogP contribution < -0.4 is 0 Å². The lowest BCUT2D eigenvalue weighted by Gasteiger charge is -2.36. The summed E-state index contributed by atoms with van der Waals surface area (Å²) in [5.74, 6) is -1.05. The van der Waals surface area contributed by atoms with E-state index >= 15 is 0 Å². The zero-order chi connectivity index (χ0) is 52.1. The van der Waals surface area contributed by atoms with Gasteiger partial charge in [-0.2, -0.15) is 0 Å². The maximum Gasteiger partial charge on any atom is 0.262 e. The molecule has 0 radical (unpaired) electrons. The fourth-order valence-corrected chi connectivity index (χ4v) is 13.9. The van der Waals surface area contributed by atoms with Gasteiger partial charge in [0.25, 0.3) is 23.6 Å². The van der Waals surface area contributed by atoms with E-state index in [9.17, 15) is 19.2 Å². The lowest BCUT2D eigenvalue weighted by molar-refractivity contribution is 0.0554. The van der Waals surface area contributed by atoms with Crippen LogP contribution in [-0.2, 0) is 0 Å². The Bertz CT molecular complexity index is 1730. The van der Waals surface area contributed by atoms with E-state index in [4.69, 9.17) is 0 Å². The number of carbonyl (C=O) groups is 4. The van der Waals surface area contributed by atoms with Crippen molar-refractivity contribution < 1.29 is 19.2 Å². The predicted molar refractivity (Wildman–Crippen MR) is 320 cm³/mol. The average molecular weight is 1260 g/mol. The minimum atomic E-state index is -0.361. The number of imide groups is 2. The lowest BCUT2D eigenvalue weighted by atomic mass is 9.84. The van der Waals surface area contributed by atoms with E-state index in [1.807, 2.05) is 0 Å². The summed E-state index contributed by atoms with van der Waals surface area (Å²) in [5, 5.41) is 0.792. The molecule has 0 saturated carbocycles. The Morgan fingerprint density at radius 2 is 0.444 bits per heavy atom. The molecule has 2 aromatic carbocycles. The second-order valence-electron chi connectivity index (χ2n) is 22.1. The molecule has 0 spiro atoms. The number of rotatable bonds is 44. The number of amides is 4. The van der Waals surface area contributed by atoms with Gasteiger partial charge >= 0.3 is 0 Å². The highest BCUT2D eigenvalue weighted by Gasteiger charge is 2.46. The smallest absolute Gasteiger partial charge is 0.262 e. The first kappa shape index (κ1) is 63.4. The first-order valence-electron chi connectivity index (χ1n) is 30.1. The molecule has 4 rings (SSSR count). The second-order valence-corrected chi connectivity index (χ2v) is 25.3. The number of halogens is 4. The van der Waals surface area contributed by atoms with Crippen molar-refractivity contribution in [2.75, 3.05) is 13.1 Å². The molecule has 0 saturated heterocycles. The van der Waals surface area contributed by atoms with Gasteiger partial charge in [0.15, 0.2) is 0 Å². The molecule has 4 amide bonds. The van der Waals surface area contributed by atoms with Crippen molar-refractivity contribution >= 4 is 98.1 Å². The molecule has 2 aliphatic heterocycles. The van der Waals surface area contributed by atoms with Crippen LogP contribution in [0.2, 0.25) is 0 Å². The molecule has 0 fully saturated rings. The van der Waals surface area contributed by atoms with Gasteiger partial charge in [-0.3, -0.25) is 29.0 Å². The molecule has 2 atom stereocenters. The third kappa shape index (κ3) is 19.7. The van der Waals surface area contributed by atoms with E-state index in [0.717, 1.165) is 51.4 Å². The van der Waals surface area contributed by atoms with Gasteiger partial charge in [-0.1, -0.05) is 259 Å². The van der Waals surface area contributed by atoms with Gasteiger partial charge in [0.1, 0.15) is 0 Å². The zero-order valence-electron chi connectivity index (χ0n) is 45.9. The molecule has 72 heavy (non-hydrogen) atoms. The van der Waals surface area contributed by atoms with Crippen molar-refractivity contribution in [2.45, 2.75) is 285 Å². The summed E-state index contributed by atoms with van der Waals surface area (Å²) >= 11 is 15.2. The highest BCUT2D eigenvalue weighted by atomic mass is 79.9. The van der Waals surface area contributed by atoms with E-state index < -0.39 is 0 Å². The zero-order valence-corrected chi connectivity index (χ0v) is 52.2. The molecule has 2 aliphatic rings. The van der Waals surface area contributed by atoms with E-state index in [-0.39, 0.29) is 35.5 Å². The van der Waals surface area contributed by atoms with Gasteiger partial charge in [-0.15, -0.1) is 0 Å². The standard InChI is InChI=1S/C62H98Br4N2O4/c1-5-9-13-17-21-25-27-31-35-39-43-47(41-37-33-29-23-19-15-11-7-3)45-67-59(69)51-49-50-53(57(65)55(51)63)61(71)68(62(72)54(50)58(66)56(64)52(49)60(67)70)46-48(42-38-34-30-24-20-16-12-8-4)44-40-36-32-28-26-22-18-14-10-6-2/h47-48H,5-46H2,1-4H3. The Hall–Kier alpha value is -1.10. The molecular weight excluding hydrogens is 1160 g/mol. The second kappa shape index (κ2) is 36.8. The molecule has 0 N–H and O–H groups in total. The third-order valence-electron chi connectivity index (χ3n) is 16.1. The predicted octanol–water partition coefficient (Wildman–Crippen LogP) is 22.0. The average Bonchev–Trinajstić information content (AvgIpc) is 3.36. The Balaban J connectivity index is 1.54. The normalized spacial score (nSPS) is 14.4. The third-order valence-corrected chi connectivity index (χ3v) is 20.3. The van der Waals surface area contributed by atoms with Crippen molar-refractivity contribution in [3.63, 3.8) is 0 Å². The SMILES string of the molecule is CCCCCCCCCCCCC(CCCCCCCCCC)CN1C(=O)c2c(Br)c(Br)c3c4c(c(Br)c(Br)c(c24)C1=O)C(=O)N(CC(CCCCCCCCCC)CCCCCCCCCCCC)C3=O. The summed E-state index contributed by atoms with van der Waals surface area (Å²) in [6.45, 7) is 9.77. The minimum Gasteiger partial charge on any atom is -0.274 e. The van der Waals surface area contributed by atoms with Crippen LogP contribution in [0.3, 0.4) is 0 Å². The van der Waals surface area contributed by atoms with Crippen molar-refractivity contribution in [3.05, 3.63) is 40.1 Å². The van der Waals surface area contributed by atoms with Crippen LogP contribution in [0.5, 0.6) is 0 Å². The lowest BCUT2D eigenvalue weighted by Crippen LogP contribution is -2.46. The number of hydrogen-bond donors (Lipinski definition) is 0. The van der Waals surface area contributed by atoms with Gasteiger partial charge < -0.3 is 0 Å². The molecular formula is C62H98Br4N2O4. The first-order chi connectivity index (χ1) is 35.0. The summed E-state index contributed by atoms with van der Waals surface area (Å²) in [4.78, 5) is 62.8. The summed E-state index contributed by atoms with van der Waals surface area (Å²) in [7, 11) is 0. The molecule has 2 heterocycles. The van der Waals surface area contributed by atoms with Crippen molar-refractivity contribution in [2.24, 2.45) is 11.8 Å².